The molecule has 2 aromatic rings. The van der Waals surface area contributed by atoms with Gasteiger partial charge in [-0.05, 0) is 92.5 Å². The van der Waals surface area contributed by atoms with Crippen LogP contribution in [0.4, 0.5) is 0 Å². The van der Waals surface area contributed by atoms with E-state index in [9.17, 15) is 10.2 Å². The number of hydrogen-bond donors (Lipinski definition) is 2. The lowest BCUT2D eigenvalue weighted by Gasteiger charge is -2.25. The van der Waals surface area contributed by atoms with Crippen LogP contribution in [0.1, 0.15) is 70.2 Å². The summed E-state index contributed by atoms with van der Waals surface area (Å²) in [6.07, 6.45) is 2.14. The van der Waals surface area contributed by atoms with Crippen molar-refractivity contribution >= 4 is 0 Å². The fraction of sp³-hybridized carbons (Fsp3) is 0.455. The predicted molar refractivity (Wildman–Crippen MR) is 101 cm³/mol. The summed E-state index contributed by atoms with van der Waals surface area (Å²) in [6.45, 7) is 14.3. The number of benzene rings is 2. The van der Waals surface area contributed by atoms with Gasteiger partial charge >= 0.3 is 0 Å². The second-order valence-electron chi connectivity index (χ2n) is 7.10. The molecule has 0 bridgehead atoms. The third-order valence-electron chi connectivity index (χ3n) is 5.52. The van der Waals surface area contributed by atoms with Gasteiger partial charge in [-0.1, -0.05) is 25.5 Å². The molecule has 0 atom stereocenters. The van der Waals surface area contributed by atoms with Gasteiger partial charge < -0.3 is 10.2 Å². The highest BCUT2D eigenvalue weighted by molar-refractivity contribution is 5.55. The van der Waals surface area contributed by atoms with Gasteiger partial charge in [0.15, 0.2) is 0 Å². The lowest BCUT2D eigenvalue weighted by Crippen LogP contribution is -2.08. The molecule has 2 N–H and O–H groups in total. The van der Waals surface area contributed by atoms with Crippen LogP contribution >= 0.6 is 0 Å². The van der Waals surface area contributed by atoms with E-state index in [0.29, 0.717) is 11.5 Å². The van der Waals surface area contributed by atoms with Crippen LogP contribution in [0.3, 0.4) is 0 Å². The molecular formula is C22H30O2. The number of hydrogen-bond acceptors (Lipinski definition) is 2. The molecule has 24 heavy (non-hydrogen) atoms. The number of rotatable bonds is 4. The zero-order chi connectivity index (χ0) is 18.2. The van der Waals surface area contributed by atoms with Gasteiger partial charge in [-0.3, -0.25) is 0 Å². The average Bonchev–Trinajstić information content (AvgIpc) is 2.56. The first kappa shape index (κ1) is 18.4. The quantitative estimate of drug-likeness (QED) is 0.736. The van der Waals surface area contributed by atoms with Crippen molar-refractivity contribution in [3.05, 3.63) is 56.6 Å². The van der Waals surface area contributed by atoms with E-state index in [-0.39, 0.29) is 5.92 Å². The fourth-order valence-corrected chi connectivity index (χ4v) is 3.69. The van der Waals surface area contributed by atoms with Crippen molar-refractivity contribution in [1.82, 2.24) is 0 Å². The highest BCUT2D eigenvalue weighted by Gasteiger charge is 2.22. The Kier molecular flexibility index (Phi) is 5.27. The molecule has 2 rings (SSSR count). The molecule has 0 aliphatic heterocycles. The average molecular weight is 326 g/mol. The molecule has 130 valence electrons. The maximum absolute atomic E-state index is 10.2. The van der Waals surface area contributed by atoms with Crippen molar-refractivity contribution in [2.45, 2.75) is 67.2 Å². The van der Waals surface area contributed by atoms with Crippen LogP contribution in [-0.2, 0) is 0 Å². The van der Waals surface area contributed by atoms with E-state index < -0.39 is 0 Å². The van der Waals surface area contributed by atoms with Crippen LogP contribution in [0.5, 0.6) is 11.5 Å². The number of phenolic OH excluding ortho intramolecular Hbond substituents is 2. The second-order valence-corrected chi connectivity index (χ2v) is 7.10. The molecule has 0 aliphatic rings. The van der Waals surface area contributed by atoms with Gasteiger partial charge in [0.2, 0.25) is 0 Å². The normalized spacial score (nSPS) is 11.3. The van der Waals surface area contributed by atoms with E-state index in [1.165, 1.54) is 22.3 Å². The highest BCUT2D eigenvalue weighted by atomic mass is 16.3. The lowest BCUT2D eigenvalue weighted by molar-refractivity contribution is 0.465. The van der Waals surface area contributed by atoms with Gasteiger partial charge in [0, 0.05) is 5.92 Å². The molecule has 2 aromatic carbocycles. The van der Waals surface area contributed by atoms with Crippen molar-refractivity contribution < 1.29 is 10.2 Å². The minimum absolute atomic E-state index is 0.283. The van der Waals surface area contributed by atoms with Crippen molar-refractivity contribution in [2.24, 2.45) is 0 Å². The van der Waals surface area contributed by atoms with Gasteiger partial charge in [0.1, 0.15) is 11.5 Å². The number of aromatic hydroxyl groups is 2. The molecule has 2 heteroatoms. The molecule has 0 spiro atoms. The van der Waals surface area contributed by atoms with Crippen molar-refractivity contribution in [3.63, 3.8) is 0 Å². The summed E-state index contributed by atoms with van der Waals surface area (Å²) >= 11 is 0. The van der Waals surface area contributed by atoms with Crippen molar-refractivity contribution in [3.8, 4) is 11.5 Å². The molecule has 0 aliphatic carbocycles. The van der Waals surface area contributed by atoms with Crippen molar-refractivity contribution in [1.29, 1.82) is 0 Å². The van der Waals surface area contributed by atoms with Crippen LogP contribution in [0, 0.1) is 41.5 Å². The van der Waals surface area contributed by atoms with Gasteiger partial charge in [-0.15, -0.1) is 0 Å². The Labute approximate surface area is 146 Å². The molecule has 0 radical (unpaired) electrons. The van der Waals surface area contributed by atoms with Gasteiger partial charge in [0.05, 0.1) is 0 Å². The van der Waals surface area contributed by atoms with Crippen LogP contribution in [0.15, 0.2) is 12.1 Å². The summed E-state index contributed by atoms with van der Waals surface area (Å²) in [4.78, 5) is 0. The van der Waals surface area contributed by atoms with Gasteiger partial charge in [0.25, 0.3) is 0 Å². The van der Waals surface area contributed by atoms with Gasteiger partial charge in [-0.2, -0.15) is 0 Å². The Morgan fingerprint density at radius 1 is 0.708 bits per heavy atom. The topological polar surface area (TPSA) is 40.5 Å². The monoisotopic (exact) mass is 326 g/mol. The first-order chi connectivity index (χ1) is 11.2. The van der Waals surface area contributed by atoms with E-state index in [0.717, 1.165) is 35.1 Å². The smallest absolute Gasteiger partial charge is 0.121 e. The molecular weight excluding hydrogens is 296 g/mol. The van der Waals surface area contributed by atoms with Crippen LogP contribution in [0.25, 0.3) is 0 Å². The maximum Gasteiger partial charge on any atom is 0.121 e. The van der Waals surface area contributed by atoms with E-state index in [2.05, 4.69) is 32.9 Å². The Balaban J connectivity index is 2.73. The molecule has 0 amide bonds. The molecule has 0 saturated heterocycles. The summed E-state index contributed by atoms with van der Waals surface area (Å²) in [6, 6.07) is 4.27. The largest absolute Gasteiger partial charge is 0.507 e. The summed E-state index contributed by atoms with van der Waals surface area (Å²) in [5.74, 6) is 1.09. The van der Waals surface area contributed by atoms with Gasteiger partial charge in [-0.25, -0.2) is 0 Å². The minimum Gasteiger partial charge on any atom is -0.507 e. The van der Waals surface area contributed by atoms with E-state index in [1.807, 2.05) is 27.7 Å². The Morgan fingerprint density at radius 3 is 1.42 bits per heavy atom. The summed E-state index contributed by atoms with van der Waals surface area (Å²) in [7, 11) is 0. The molecule has 2 nitrogen and oxygen atoms in total. The maximum atomic E-state index is 10.2. The summed E-state index contributed by atoms with van der Waals surface area (Å²) in [5, 5.41) is 20.5. The Bertz CT molecular complexity index is 709. The molecule has 0 fully saturated rings. The SMILES string of the molecule is CCCC(c1cc(C)c(O)c(C)c1C)c1cc(C)c(O)c(C)c1C. The standard InChI is InChI=1S/C22H30O2/c1-8-9-18(19-10-12(2)21(23)16(6)14(19)4)20-11-13(3)22(24)17(7)15(20)5/h10-11,18,23-24H,8-9H2,1-7H3. The molecule has 0 saturated carbocycles. The zero-order valence-electron chi connectivity index (χ0n) is 16.0. The summed E-state index contributed by atoms with van der Waals surface area (Å²) < 4.78 is 0. The summed E-state index contributed by atoms with van der Waals surface area (Å²) in [5.41, 5.74) is 8.71. The number of phenols is 2. The van der Waals surface area contributed by atoms with Crippen LogP contribution in [0.2, 0.25) is 0 Å². The Hall–Kier alpha value is -1.96. The third-order valence-corrected chi connectivity index (χ3v) is 5.52. The zero-order valence-corrected chi connectivity index (χ0v) is 16.0. The highest BCUT2D eigenvalue weighted by Crippen LogP contribution is 2.40. The first-order valence-corrected chi connectivity index (χ1v) is 8.79. The molecule has 0 aromatic heterocycles. The predicted octanol–water partition coefficient (Wildman–Crippen LogP) is 5.88. The second kappa shape index (κ2) is 6.88. The Morgan fingerprint density at radius 2 is 1.08 bits per heavy atom. The van der Waals surface area contributed by atoms with E-state index in [4.69, 9.17) is 0 Å². The van der Waals surface area contributed by atoms with E-state index in [1.54, 1.807) is 0 Å². The van der Waals surface area contributed by atoms with Crippen LogP contribution < -0.4 is 0 Å². The van der Waals surface area contributed by atoms with Crippen LogP contribution in [-0.4, -0.2) is 10.2 Å². The number of aryl methyl sites for hydroxylation is 2. The van der Waals surface area contributed by atoms with Crippen molar-refractivity contribution in [2.75, 3.05) is 0 Å². The first-order valence-electron chi connectivity index (χ1n) is 8.79. The fourth-order valence-electron chi connectivity index (χ4n) is 3.69. The minimum atomic E-state index is 0.283. The molecule has 0 heterocycles. The lowest BCUT2D eigenvalue weighted by atomic mass is 9.79. The molecule has 0 unspecified atom stereocenters. The van der Waals surface area contributed by atoms with E-state index >= 15 is 0 Å². The third kappa shape index (κ3) is 3.02.